The van der Waals surface area contributed by atoms with E-state index >= 15 is 0 Å². The normalized spacial score (nSPS) is 13.2. The zero-order valence-electron chi connectivity index (χ0n) is 11.0. The van der Waals surface area contributed by atoms with Gasteiger partial charge in [-0.2, -0.15) is 0 Å². The number of benzene rings is 1. The van der Waals surface area contributed by atoms with Crippen LogP contribution in [0.1, 0.15) is 18.1 Å². The van der Waals surface area contributed by atoms with Crippen molar-refractivity contribution in [3.63, 3.8) is 0 Å². The predicted molar refractivity (Wildman–Crippen MR) is 65.4 cm³/mol. The lowest BCUT2D eigenvalue weighted by molar-refractivity contribution is -0.274. The molecule has 0 spiro atoms. The Hall–Kier alpha value is -1.31. The van der Waals surface area contributed by atoms with Crippen molar-refractivity contribution >= 4 is 0 Å². The maximum absolute atomic E-state index is 12.1. The van der Waals surface area contributed by atoms with Crippen LogP contribution in [0.2, 0.25) is 0 Å². The van der Waals surface area contributed by atoms with Gasteiger partial charge in [0.2, 0.25) is 0 Å². The third-order valence-corrected chi connectivity index (χ3v) is 2.44. The second-order valence-corrected chi connectivity index (χ2v) is 4.03. The standard InChI is InChI=1S/C13H17F3O4/c1-18-7-8-19-6-5-12(17)10-3-2-4-11(9-10)20-13(14,15)16/h2-4,9,12,17H,5-8H2,1H3. The molecular weight excluding hydrogens is 277 g/mol. The van der Waals surface area contributed by atoms with E-state index in [0.717, 1.165) is 6.07 Å². The minimum absolute atomic E-state index is 0.277. The van der Waals surface area contributed by atoms with E-state index in [9.17, 15) is 18.3 Å². The van der Waals surface area contributed by atoms with Crippen molar-refractivity contribution in [3.8, 4) is 5.75 Å². The lowest BCUT2D eigenvalue weighted by atomic mass is 10.1. The van der Waals surface area contributed by atoms with Crippen LogP contribution in [0.25, 0.3) is 0 Å². The summed E-state index contributed by atoms with van der Waals surface area (Å²) in [7, 11) is 1.55. The molecule has 0 aliphatic carbocycles. The number of ether oxygens (including phenoxy) is 3. The Morgan fingerprint density at radius 2 is 1.95 bits per heavy atom. The highest BCUT2D eigenvalue weighted by atomic mass is 19.4. The fourth-order valence-electron chi connectivity index (χ4n) is 1.52. The quantitative estimate of drug-likeness (QED) is 0.749. The number of halogens is 3. The second kappa shape index (κ2) is 8.08. The predicted octanol–water partition coefficient (Wildman–Crippen LogP) is 2.67. The molecule has 4 nitrogen and oxygen atoms in total. The number of alkyl halides is 3. The number of hydrogen-bond donors (Lipinski definition) is 1. The van der Waals surface area contributed by atoms with Gasteiger partial charge in [-0.3, -0.25) is 0 Å². The van der Waals surface area contributed by atoms with E-state index < -0.39 is 12.5 Å². The first-order valence-electron chi connectivity index (χ1n) is 6.03. The lowest BCUT2D eigenvalue weighted by Gasteiger charge is -2.14. The molecule has 7 heteroatoms. The first kappa shape index (κ1) is 16.7. The summed E-state index contributed by atoms with van der Waals surface area (Å²) >= 11 is 0. The zero-order valence-corrected chi connectivity index (χ0v) is 11.0. The number of methoxy groups -OCH3 is 1. The Kier molecular flexibility index (Phi) is 6.77. The molecule has 0 amide bonds. The van der Waals surface area contributed by atoms with Gasteiger partial charge in [0.1, 0.15) is 5.75 Å². The molecule has 1 aromatic rings. The summed E-state index contributed by atoms with van der Waals surface area (Å²) < 4.78 is 50.0. The van der Waals surface area contributed by atoms with Crippen molar-refractivity contribution in [2.45, 2.75) is 18.9 Å². The van der Waals surface area contributed by atoms with Crippen molar-refractivity contribution in [2.24, 2.45) is 0 Å². The van der Waals surface area contributed by atoms with E-state index in [4.69, 9.17) is 9.47 Å². The minimum atomic E-state index is -4.74. The largest absolute Gasteiger partial charge is 0.573 e. The van der Waals surface area contributed by atoms with Gasteiger partial charge in [0, 0.05) is 20.1 Å². The molecule has 1 rings (SSSR count). The molecule has 0 bridgehead atoms. The Balaban J connectivity index is 2.47. The van der Waals surface area contributed by atoms with Crippen molar-refractivity contribution in [1.29, 1.82) is 0 Å². The second-order valence-electron chi connectivity index (χ2n) is 4.03. The highest BCUT2D eigenvalue weighted by Crippen LogP contribution is 2.26. The van der Waals surface area contributed by atoms with Crippen molar-refractivity contribution in [2.75, 3.05) is 26.9 Å². The summed E-state index contributed by atoms with van der Waals surface area (Å²) in [6.07, 6.45) is -5.37. The Morgan fingerprint density at radius 3 is 2.60 bits per heavy atom. The van der Waals surface area contributed by atoms with Gasteiger partial charge < -0.3 is 19.3 Å². The highest BCUT2D eigenvalue weighted by molar-refractivity contribution is 5.30. The smallest absolute Gasteiger partial charge is 0.406 e. The molecule has 1 N–H and O–H groups in total. The number of rotatable bonds is 8. The molecule has 1 aromatic carbocycles. The molecule has 0 radical (unpaired) electrons. The van der Waals surface area contributed by atoms with Gasteiger partial charge in [-0.25, -0.2) is 0 Å². The molecule has 0 fully saturated rings. The maximum Gasteiger partial charge on any atom is 0.573 e. The zero-order chi connectivity index (χ0) is 15.0. The molecule has 0 saturated carbocycles. The maximum atomic E-state index is 12.1. The molecule has 114 valence electrons. The van der Waals surface area contributed by atoms with Gasteiger partial charge >= 0.3 is 6.36 Å². The SMILES string of the molecule is COCCOCCC(O)c1cccc(OC(F)(F)F)c1. The molecule has 0 heterocycles. The fourth-order valence-corrected chi connectivity index (χ4v) is 1.52. The molecule has 20 heavy (non-hydrogen) atoms. The van der Waals surface area contributed by atoms with Gasteiger partial charge in [-0.1, -0.05) is 12.1 Å². The molecule has 0 aliphatic rings. The summed E-state index contributed by atoms with van der Waals surface area (Å²) in [6, 6.07) is 5.26. The summed E-state index contributed by atoms with van der Waals surface area (Å²) in [5.74, 6) is -0.352. The van der Waals surface area contributed by atoms with Crippen LogP contribution in [-0.4, -0.2) is 38.4 Å². The van der Waals surface area contributed by atoms with Crippen LogP contribution in [-0.2, 0) is 9.47 Å². The van der Waals surface area contributed by atoms with E-state index in [1.807, 2.05) is 0 Å². The Bertz CT molecular complexity index is 395. The summed E-state index contributed by atoms with van der Waals surface area (Å²) in [5.41, 5.74) is 0.349. The first-order valence-corrected chi connectivity index (χ1v) is 6.03. The molecule has 0 aliphatic heterocycles. The summed E-state index contributed by atoms with van der Waals surface area (Å²) in [5, 5.41) is 9.85. The minimum Gasteiger partial charge on any atom is -0.406 e. The van der Waals surface area contributed by atoms with E-state index in [1.165, 1.54) is 18.2 Å². The van der Waals surface area contributed by atoms with Crippen molar-refractivity contribution in [3.05, 3.63) is 29.8 Å². The van der Waals surface area contributed by atoms with Crippen LogP contribution in [0.15, 0.2) is 24.3 Å². The number of hydrogen-bond acceptors (Lipinski definition) is 4. The van der Waals surface area contributed by atoms with Gasteiger partial charge in [0.05, 0.1) is 19.3 Å². The van der Waals surface area contributed by atoms with Crippen LogP contribution in [0.5, 0.6) is 5.75 Å². The fraction of sp³-hybridized carbons (Fsp3) is 0.538. The third kappa shape index (κ3) is 6.74. The van der Waals surface area contributed by atoms with Gasteiger partial charge in [0.15, 0.2) is 0 Å². The van der Waals surface area contributed by atoms with E-state index in [0.29, 0.717) is 18.8 Å². The number of aliphatic hydroxyl groups is 1. The van der Waals surface area contributed by atoms with E-state index in [1.54, 1.807) is 7.11 Å². The summed E-state index contributed by atoms with van der Waals surface area (Å²) in [4.78, 5) is 0. The van der Waals surface area contributed by atoms with E-state index in [-0.39, 0.29) is 18.8 Å². The monoisotopic (exact) mass is 294 g/mol. The lowest BCUT2D eigenvalue weighted by Crippen LogP contribution is -2.17. The van der Waals surface area contributed by atoms with Gasteiger partial charge in [-0.05, 0) is 17.7 Å². The van der Waals surface area contributed by atoms with Crippen LogP contribution >= 0.6 is 0 Å². The molecular formula is C13H17F3O4. The molecule has 0 aromatic heterocycles. The van der Waals surface area contributed by atoms with Crippen LogP contribution < -0.4 is 4.74 Å². The van der Waals surface area contributed by atoms with E-state index in [2.05, 4.69) is 4.74 Å². The third-order valence-electron chi connectivity index (χ3n) is 2.44. The van der Waals surface area contributed by atoms with Crippen LogP contribution in [0.3, 0.4) is 0 Å². The first-order chi connectivity index (χ1) is 9.42. The number of aliphatic hydroxyl groups excluding tert-OH is 1. The van der Waals surface area contributed by atoms with Crippen molar-refractivity contribution < 1.29 is 32.5 Å². The average Bonchev–Trinajstić information content (AvgIpc) is 2.36. The Morgan fingerprint density at radius 1 is 1.20 bits per heavy atom. The molecule has 0 saturated heterocycles. The summed E-state index contributed by atoms with van der Waals surface area (Å²) in [6.45, 7) is 1.14. The Labute approximate surface area is 115 Å². The molecule has 1 atom stereocenters. The average molecular weight is 294 g/mol. The molecule has 1 unspecified atom stereocenters. The highest BCUT2D eigenvalue weighted by Gasteiger charge is 2.31. The van der Waals surface area contributed by atoms with Gasteiger partial charge in [-0.15, -0.1) is 13.2 Å². The van der Waals surface area contributed by atoms with Gasteiger partial charge in [0.25, 0.3) is 0 Å². The van der Waals surface area contributed by atoms with Crippen LogP contribution in [0.4, 0.5) is 13.2 Å². The van der Waals surface area contributed by atoms with Crippen molar-refractivity contribution in [1.82, 2.24) is 0 Å². The topological polar surface area (TPSA) is 47.9 Å². The van der Waals surface area contributed by atoms with Crippen LogP contribution in [0, 0.1) is 0 Å².